The zero-order valence-corrected chi connectivity index (χ0v) is 11.7. The summed E-state index contributed by atoms with van der Waals surface area (Å²) in [7, 11) is 3.08. The molecule has 1 amide bonds. The first-order valence-electron chi connectivity index (χ1n) is 6.47. The molecule has 2 rings (SSSR count). The summed E-state index contributed by atoms with van der Waals surface area (Å²) in [6, 6.07) is 5.12. The summed E-state index contributed by atoms with van der Waals surface area (Å²) >= 11 is 0. The lowest BCUT2D eigenvalue weighted by Gasteiger charge is -2.16. The molecule has 1 aromatic rings. The van der Waals surface area contributed by atoms with E-state index in [4.69, 9.17) is 15.2 Å². The fraction of sp³-hybridized carbons (Fsp3) is 0.500. The number of hydrogen-bond donors (Lipinski definition) is 3. The summed E-state index contributed by atoms with van der Waals surface area (Å²) in [5, 5.41) is 12.8. The molecule has 6 heteroatoms. The number of amides is 1. The van der Waals surface area contributed by atoms with Crippen LogP contribution in [0.4, 0.5) is 0 Å². The minimum absolute atomic E-state index is 0.105. The first-order valence-corrected chi connectivity index (χ1v) is 6.47. The van der Waals surface area contributed by atoms with Crippen LogP contribution in [0.15, 0.2) is 18.2 Å². The second-order valence-electron chi connectivity index (χ2n) is 5.03. The van der Waals surface area contributed by atoms with E-state index in [1.54, 1.807) is 18.2 Å². The number of methoxy groups -OCH3 is 2. The van der Waals surface area contributed by atoms with Gasteiger partial charge in [0.25, 0.3) is 0 Å². The molecule has 110 valence electrons. The third-order valence-corrected chi connectivity index (χ3v) is 3.46. The van der Waals surface area contributed by atoms with Crippen molar-refractivity contribution in [1.29, 1.82) is 0 Å². The Labute approximate surface area is 117 Å². The van der Waals surface area contributed by atoms with Crippen molar-refractivity contribution in [3.8, 4) is 11.5 Å². The van der Waals surface area contributed by atoms with Crippen molar-refractivity contribution >= 4 is 5.91 Å². The van der Waals surface area contributed by atoms with Gasteiger partial charge < -0.3 is 25.6 Å². The van der Waals surface area contributed by atoms with Gasteiger partial charge in [0.1, 0.15) is 11.5 Å². The van der Waals surface area contributed by atoms with Gasteiger partial charge in [-0.1, -0.05) is 0 Å². The molecule has 1 atom stereocenters. The fourth-order valence-corrected chi connectivity index (χ4v) is 1.87. The van der Waals surface area contributed by atoms with Crippen molar-refractivity contribution in [3.05, 3.63) is 23.8 Å². The predicted molar refractivity (Wildman–Crippen MR) is 73.7 cm³/mol. The Bertz CT molecular complexity index is 478. The highest BCUT2D eigenvalue weighted by atomic mass is 16.5. The molecule has 0 saturated heterocycles. The molecule has 0 heterocycles. The van der Waals surface area contributed by atoms with Crippen molar-refractivity contribution < 1.29 is 19.4 Å². The Morgan fingerprint density at radius 2 is 1.90 bits per heavy atom. The second-order valence-corrected chi connectivity index (χ2v) is 5.03. The number of ether oxygens (including phenoxy) is 2. The van der Waals surface area contributed by atoms with E-state index in [0.717, 1.165) is 0 Å². The number of benzene rings is 1. The second kappa shape index (κ2) is 5.68. The summed E-state index contributed by atoms with van der Waals surface area (Å²) in [5.41, 5.74) is 5.66. The first kappa shape index (κ1) is 14.6. The monoisotopic (exact) mass is 280 g/mol. The molecule has 1 aromatic carbocycles. The fourth-order valence-electron chi connectivity index (χ4n) is 1.87. The number of aliphatic hydroxyl groups is 1. The third-order valence-electron chi connectivity index (χ3n) is 3.46. The van der Waals surface area contributed by atoms with Crippen LogP contribution in [0.1, 0.15) is 24.5 Å². The molecular weight excluding hydrogens is 260 g/mol. The van der Waals surface area contributed by atoms with Gasteiger partial charge >= 0.3 is 0 Å². The molecule has 0 aromatic heterocycles. The zero-order valence-electron chi connectivity index (χ0n) is 11.7. The lowest BCUT2D eigenvalue weighted by Crippen LogP contribution is -2.44. The maximum atomic E-state index is 11.7. The molecule has 0 spiro atoms. The van der Waals surface area contributed by atoms with Gasteiger partial charge in [-0.25, -0.2) is 0 Å². The molecular formula is C14H20N2O4. The van der Waals surface area contributed by atoms with E-state index < -0.39 is 11.6 Å². The van der Waals surface area contributed by atoms with Crippen LogP contribution in [0.5, 0.6) is 11.5 Å². The predicted octanol–water partition coefficient (Wildman–Crippen LogP) is 0.345. The number of hydrogen-bond acceptors (Lipinski definition) is 5. The van der Waals surface area contributed by atoms with E-state index in [0.29, 0.717) is 29.9 Å². The lowest BCUT2D eigenvalue weighted by atomic mass is 10.1. The van der Waals surface area contributed by atoms with Crippen molar-refractivity contribution in [1.82, 2.24) is 5.32 Å². The standard InChI is InChI=1S/C14H20N2O4/c1-19-10-5-9(6-11(7-10)20-2)12(17)8-16-13(18)14(15)3-4-14/h5-7,12,17H,3-4,8,15H2,1-2H3,(H,16,18). The summed E-state index contributed by atoms with van der Waals surface area (Å²) < 4.78 is 10.3. The molecule has 1 unspecified atom stereocenters. The van der Waals surface area contributed by atoms with Crippen LogP contribution in [0.3, 0.4) is 0 Å². The Balaban J connectivity index is 2.01. The van der Waals surface area contributed by atoms with Crippen molar-refractivity contribution in [2.45, 2.75) is 24.5 Å². The molecule has 0 bridgehead atoms. The summed E-state index contributed by atoms with van der Waals surface area (Å²) in [6.45, 7) is 0.105. The molecule has 6 nitrogen and oxygen atoms in total. The smallest absolute Gasteiger partial charge is 0.240 e. The van der Waals surface area contributed by atoms with Crippen LogP contribution in [0, 0.1) is 0 Å². The number of nitrogens with two attached hydrogens (primary N) is 1. The molecule has 0 aliphatic heterocycles. The van der Waals surface area contributed by atoms with Crippen molar-refractivity contribution in [2.75, 3.05) is 20.8 Å². The summed E-state index contributed by atoms with van der Waals surface area (Å²) in [6.07, 6.45) is 0.550. The molecule has 20 heavy (non-hydrogen) atoms. The van der Waals surface area contributed by atoms with Gasteiger partial charge in [-0.05, 0) is 30.5 Å². The van der Waals surface area contributed by atoms with Crippen LogP contribution in [-0.2, 0) is 4.79 Å². The number of aliphatic hydroxyl groups excluding tert-OH is 1. The third kappa shape index (κ3) is 3.20. The van der Waals surface area contributed by atoms with Crippen LogP contribution in [0.25, 0.3) is 0 Å². The zero-order chi connectivity index (χ0) is 14.8. The van der Waals surface area contributed by atoms with Crippen LogP contribution in [0.2, 0.25) is 0 Å². The van der Waals surface area contributed by atoms with E-state index in [-0.39, 0.29) is 12.5 Å². The molecule has 0 radical (unpaired) electrons. The maximum absolute atomic E-state index is 11.7. The Hall–Kier alpha value is -1.79. The van der Waals surface area contributed by atoms with Gasteiger partial charge in [-0.3, -0.25) is 4.79 Å². The highest BCUT2D eigenvalue weighted by Gasteiger charge is 2.45. The largest absolute Gasteiger partial charge is 0.497 e. The van der Waals surface area contributed by atoms with E-state index in [1.165, 1.54) is 14.2 Å². The van der Waals surface area contributed by atoms with Gasteiger partial charge in [0, 0.05) is 12.6 Å². The van der Waals surface area contributed by atoms with Gasteiger partial charge in [-0.2, -0.15) is 0 Å². The molecule has 1 fully saturated rings. The highest BCUT2D eigenvalue weighted by Crippen LogP contribution is 2.32. The molecule has 4 N–H and O–H groups in total. The normalized spacial score (nSPS) is 17.2. The molecule has 1 saturated carbocycles. The number of carbonyl (C=O) groups excluding carboxylic acids is 1. The van der Waals surface area contributed by atoms with E-state index >= 15 is 0 Å². The average Bonchev–Trinajstić information content (AvgIpc) is 3.22. The Morgan fingerprint density at radius 1 is 1.35 bits per heavy atom. The molecule has 1 aliphatic carbocycles. The van der Waals surface area contributed by atoms with Gasteiger partial charge in [0.2, 0.25) is 5.91 Å². The quantitative estimate of drug-likeness (QED) is 0.699. The van der Waals surface area contributed by atoms with E-state index in [1.807, 2.05) is 0 Å². The van der Waals surface area contributed by atoms with Gasteiger partial charge in [-0.15, -0.1) is 0 Å². The maximum Gasteiger partial charge on any atom is 0.240 e. The minimum Gasteiger partial charge on any atom is -0.497 e. The van der Waals surface area contributed by atoms with Crippen LogP contribution in [-0.4, -0.2) is 37.3 Å². The Morgan fingerprint density at radius 3 is 2.35 bits per heavy atom. The lowest BCUT2D eigenvalue weighted by molar-refractivity contribution is -0.123. The number of rotatable bonds is 6. The summed E-state index contributed by atoms with van der Waals surface area (Å²) in [4.78, 5) is 11.7. The van der Waals surface area contributed by atoms with Crippen molar-refractivity contribution in [2.24, 2.45) is 5.73 Å². The average molecular weight is 280 g/mol. The van der Waals surface area contributed by atoms with E-state index in [9.17, 15) is 9.90 Å². The van der Waals surface area contributed by atoms with Gasteiger partial charge in [0.05, 0.1) is 25.9 Å². The number of carbonyl (C=O) groups is 1. The topological polar surface area (TPSA) is 93.8 Å². The highest BCUT2D eigenvalue weighted by molar-refractivity contribution is 5.88. The molecule has 1 aliphatic rings. The summed E-state index contributed by atoms with van der Waals surface area (Å²) in [5.74, 6) is 0.954. The number of nitrogens with one attached hydrogen (secondary N) is 1. The van der Waals surface area contributed by atoms with Crippen LogP contribution >= 0.6 is 0 Å². The van der Waals surface area contributed by atoms with E-state index in [2.05, 4.69) is 5.32 Å². The first-order chi connectivity index (χ1) is 9.48. The Kier molecular flexibility index (Phi) is 4.15. The minimum atomic E-state index is -0.842. The van der Waals surface area contributed by atoms with Gasteiger partial charge in [0.15, 0.2) is 0 Å². The SMILES string of the molecule is COc1cc(OC)cc(C(O)CNC(=O)C2(N)CC2)c1. The van der Waals surface area contributed by atoms with Crippen molar-refractivity contribution in [3.63, 3.8) is 0 Å². The van der Waals surface area contributed by atoms with Crippen LogP contribution < -0.4 is 20.5 Å².